The molecule has 0 atom stereocenters. The zero-order valence-electron chi connectivity index (χ0n) is 6.97. The summed E-state index contributed by atoms with van der Waals surface area (Å²) >= 11 is 5.73. The average Bonchev–Trinajstić information content (AvgIpc) is 2.01. The first-order valence-corrected chi connectivity index (χ1v) is 4.02. The molecule has 0 aliphatic carbocycles. The van der Waals surface area contributed by atoms with Gasteiger partial charge in [-0.2, -0.15) is 0 Å². The SMILES string of the molecule is CCOc1cc(O)c(C)nc1Cl. The number of hydrogen-bond donors (Lipinski definition) is 1. The van der Waals surface area contributed by atoms with Crippen LogP contribution in [0.4, 0.5) is 0 Å². The molecule has 0 spiro atoms. The van der Waals surface area contributed by atoms with Gasteiger partial charge in [-0.05, 0) is 13.8 Å². The van der Waals surface area contributed by atoms with Gasteiger partial charge in [0, 0.05) is 6.07 Å². The van der Waals surface area contributed by atoms with Crippen LogP contribution in [0.1, 0.15) is 12.6 Å². The Morgan fingerprint density at radius 3 is 2.92 bits per heavy atom. The zero-order chi connectivity index (χ0) is 9.14. The van der Waals surface area contributed by atoms with Gasteiger partial charge in [0.2, 0.25) is 0 Å². The quantitative estimate of drug-likeness (QED) is 0.722. The van der Waals surface area contributed by atoms with Gasteiger partial charge in [-0.15, -0.1) is 0 Å². The van der Waals surface area contributed by atoms with Crippen LogP contribution in [0.15, 0.2) is 6.07 Å². The van der Waals surface area contributed by atoms with Crippen LogP contribution in [0.3, 0.4) is 0 Å². The molecule has 0 aliphatic rings. The molecular weight excluding hydrogens is 178 g/mol. The molecule has 1 heterocycles. The average molecular weight is 188 g/mol. The number of rotatable bonds is 2. The van der Waals surface area contributed by atoms with Crippen LogP contribution in [0.2, 0.25) is 5.15 Å². The van der Waals surface area contributed by atoms with Gasteiger partial charge in [-0.3, -0.25) is 0 Å². The number of hydrogen-bond acceptors (Lipinski definition) is 3. The maximum atomic E-state index is 9.25. The van der Waals surface area contributed by atoms with Gasteiger partial charge < -0.3 is 9.84 Å². The van der Waals surface area contributed by atoms with Crippen molar-refractivity contribution in [3.63, 3.8) is 0 Å². The Balaban J connectivity index is 3.05. The molecule has 0 fully saturated rings. The fraction of sp³-hybridized carbons (Fsp3) is 0.375. The Morgan fingerprint density at radius 1 is 1.67 bits per heavy atom. The topological polar surface area (TPSA) is 42.4 Å². The first-order valence-electron chi connectivity index (χ1n) is 3.64. The first-order chi connectivity index (χ1) is 5.65. The van der Waals surface area contributed by atoms with Crippen molar-refractivity contribution in [1.82, 2.24) is 4.98 Å². The van der Waals surface area contributed by atoms with Crippen molar-refractivity contribution in [3.8, 4) is 11.5 Å². The van der Waals surface area contributed by atoms with E-state index in [0.717, 1.165) is 0 Å². The van der Waals surface area contributed by atoms with E-state index >= 15 is 0 Å². The van der Waals surface area contributed by atoms with E-state index in [1.807, 2.05) is 6.92 Å². The molecule has 0 saturated carbocycles. The number of halogens is 1. The van der Waals surface area contributed by atoms with Crippen LogP contribution in [0, 0.1) is 6.92 Å². The Bertz CT molecular complexity index is 289. The smallest absolute Gasteiger partial charge is 0.171 e. The predicted molar refractivity (Wildman–Crippen MR) is 46.8 cm³/mol. The van der Waals surface area contributed by atoms with Crippen molar-refractivity contribution < 1.29 is 9.84 Å². The highest BCUT2D eigenvalue weighted by molar-refractivity contribution is 6.30. The monoisotopic (exact) mass is 187 g/mol. The van der Waals surface area contributed by atoms with E-state index in [-0.39, 0.29) is 10.9 Å². The fourth-order valence-corrected chi connectivity index (χ4v) is 1.04. The third-order valence-corrected chi connectivity index (χ3v) is 1.68. The highest BCUT2D eigenvalue weighted by Crippen LogP contribution is 2.28. The molecular formula is C8H10ClNO2. The molecule has 0 bridgehead atoms. The molecule has 66 valence electrons. The summed E-state index contributed by atoms with van der Waals surface area (Å²) in [4.78, 5) is 3.88. The first kappa shape index (κ1) is 9.13. The molecule has 1 N–H and O–H groups in total. The molecule has 0 saturated heterocycles. The maximum absolute atomic E-state index is 9.25. The molecule has 12 heavy (non-hydrogen) atoms. The lowest BCUT2D eigenvalue weighted by Crippen LogP contribution is -1.94. The minimum absolute atomic E-state index is 0.0999. The van der Waals surface area contributed by atoms with Gasteiger partial charge in [0.1, 0.15) is 5.75 Å². The van der Waals surface area contributed by atoms with Crippen LogP contribution in [-0.2, 0) is 0 Å². The second-order valence-electron chi connectivity index (χ2n) is 2.31. The lowest BCUT2D eigenvalue weighted by molar-refractivity contribution is 0.336. The zero-order valence-corrected chi connectivity index (χ0v) is 7.72. The van der Waals surface area contributed by atoms with Gasteiger partial charge in [0.15, 0.2) is 10.9 Å². The molecule has 0 aliphatic heterocycles. The largest absolute Gasteiger partial charge is 0.506 e. The molecule has 0 unspecified atom stereocenters. The number of aromatic nitrogens is 1. The summed E-state index contributed by atoms with van der Waals surface area (Å²) in [5.41, 5.74) is 0.503. The molecule has 0 amide bonds. The summed E-state index contributed by atoms with van der Waals surface area (Å²) in [7, 11) is 0. The normalized spacial score (nSPS) is 9.92. The van der Waals surface area contributed by atoms with E-state index in [1.165, 1.54) is 6.07 Å². The molecule has 3 nitrogen and oxygen atoms in total. The van der Waals surface area contributed by atoms with Crippen molar-refractivity contribution in [2.24, 2.45) is 0 Å². The van der Waals surface area contributed by atoms with E-state index < -0.39 is 0 Å². The summed E-state index contributed by atoms with van der Waals surface area (Å²) in [5.74, 6) is 0.519. The van der Waals surface area contributed by atoms with Crippen molar-refractivity contribution in [1.29, 1.82) is 0 Å². The Hall–Kier alpha value is -0.960. The second-order valence-corrected chi connectivity index (χ2v) is 2.67. The Kier molecular flexibility index (Phi) is 2.76. The minimum atomic E-state index is 0.0999. The predicted octanol–water partition coefficient (Wildman–Crippen LogP) is 2.15. The fourth-order valence-electron chi connectivity index (χ4n) is 0.805. The Morgan fingerprint density at radius 2 is 2.33 bits per heavy atom. The third-order valence-electron chi connectivity index (χ3n) is 1.41. The minimum Gasteiger partial charge on any atom is -0.506 e. The van der Waals surface area contributed by atoms with Gasteiger partial charge in [0.05, 0.1) is 12.3 Å². The molecule has 1 rings (SSSR count). The molecule has 0 radical (unpaired) electrons. The summed E-state index contributed by atoms with van der Waals surface area (Å²) in [6, 6.07) is 1.47. The van der Waals surface area contributed by atoms with Gasteiger partial charge >= 0.3 is 0 Å². The third kappa shape index (κ3) is 1.80. The van der Waals surface area contributed by atoms with Gasteiger partial charge in [-0.1, -0.05) is 11.6 Å². The molecule has 1 aromatic heterocycles. The second kappa shape index (κ2) is 3.63. The van der Waals surface area contributed by atoms with Crippen LogP contribution < -0.4 is 4.74 Å². The molecule has 4 heteroatoms. The van der Waals surface area contributed by atoms with Crippen molar-refractivity contribution >= 4 is 11.6 Å². The Labute approximate surface area is 76.0 Å². The highest BCUT2D eigenvalue weighted by Gasteiger charge is 2.06. The van der Waals surface area contributed by atoms with Crippen LogP contribution in [-0.4, -0.2) is 16.7 Å². The summed E-state index contributed by atoms with van der Waals surface area (Å²) in [6.07, 6.45) is 0. The summed E-state index contributed by atoms with van der Waals surface area (Å²) in [5, 5.41) is 9.53. The lowest BCUT2D eigenvalue weighted by atomic mass is 10.3. The van der Waals surface area contributed by atoms with Crippen LogP contribution in [0.25, 0.3) is 0 Å². The van der Waals surface area contributed by atoms with Crippen LogP contribution >= 0.6 is 11.6 Å². The number of pyridine rings is 1. The van der Waals surface area contributed by atoms with Gasteiger partial charge in [0.25, 0.3) is 0 Å². The summed E-state index contributed by atoms with van der Waals surface area (Å²) in [6.45, 7) is 4.02. The summed E-state index contributed by atoms with van der Waals surface area (Å²) < 4.78 is 5.12. The highest BCUT2D eigenvalue weighted by atomic mass is 35.5. The van der Waals surface area contributed by atoms with Gasteiger partial charge in [-0.25, -0.2) is 4.98 Å². The van der Waals surface area contributed by atoms with Crippen molar-refractivity contribution in [2.45, 2.75) is 13.8 Å². The number of aryl methyl sites for hydroxylation is 1. The van der Waals surface area contributed by atoms with Crippen molar-refractivity contribution in [3.05, 3.63) is 16.9 Å². The molecule has 1 aromatic rings. The molecule has 0 aromatic carbocycles. The lowest BCUT2D eigenvalue weighted by Gasteiger charge is -2.06. The van der Waals surface area contributed by atoms with E-state index in [9.17, 15) is 5.11 Å². The number of nitrogens with zero attached hydrogens (tertiary/aromatic N) is 1. The standard InChI is InChI=1S/C8H10ClNO2/c1-3-12-7-4-6(11)5(2)10-8(7)9/h4,11H,3H2,1-2H3. The number of ether oxygens (including phenoxy) is 1. The van der Waals surface area contributed by atoms with E-state index in [2.05, 4.69) is 4.98 Å². The number of aromatic hydroxyl groups is 1. The van der Waals surface area contributed by atoms with Crippen molar-refractivity contribution in [2.75, 3.05) is 6.61 Å². The maximum Gasteiger partial charge on any atom is 0.171 e. The van der Waals surface area contributed by atoms with E-state index in [0.29, 0.717) is 18.1 Å². The van der Waals surface area contributed by atoms with E-state index in [1.54, 1.807) is 6.92 Å². The van der Waals surface area contributed by atoms with Crippen LogP contribution in [0.5, 0.6) is 11.5 Å². The van der Waals surface area contributed by atoms with E-state index in [4.69, 9.17) is 16.3 Å².